The Hall–Kier alpha value is -2.30. The number of rotatable bonds is 4. The third-order valence-corrected chi connectivity index (χ3v) is 7.22. The van der Waals surface area contributed by atoms with Gasteiger partial charge in [-0.1, -0.05) is 0 Å². The van der Waals surface area contributed by atoms with Gasteiger partial charge in [-0.2, -0.15) is 5.10 Å². The summed E-state index contributed by atoms with van der Waals surface area (Å²) in [5.41, 5.74) is 2.42. The quantitative estimate of drug-likeness (QED) is 0.886. The lowest BCUT2D eigenvalue weighted by molar-refractivity contribution is -0.0667. The van der Waals surface area contributed by atoms with Crippen molar-refractivity contribution in [1.82, 2.24) is 15.1 Å². The van der Waals surface area contributed by atoms with Crippen molar-refractivity contribution in [2.45, 2.75) is 44.1 Å². The Labute approximate surface area is 160 Å². The van der Waals surface area contributed by atoms with Crippen molar-refractivity contribution < 1.29 is 9.53 Å². The van der Waals surface area contributed by atoms with Gasteiger partial charge in [0.05, 0.1) is 12.8 Å². The van der Waals surface area contributed by atoms with Crippen molar-refractivity contribution in [1.29, 1.82) is 0 Å². The van der Waals surface area contributed by atoms with E-state index in [1.807, 2.05) is 42.3 Å². The Kier molecular flexibility index (Phi) is 3.81. The number of ether oxygens (including phenoxy) is 1. The van der Waals surface area contributed by atoms with E-state index in [0.717, 1.165) is 34.8 Å². The number of benzene rings is 1. The highest BCUT2D eigenvalue weighted by molar-refractivity contribution is 5.93. The van der Waals surface area contributed by atoms with Crippen molar-refractivity contribution in [3.8, 4) is 17.0 Å². The van der Waals surface area contributed by atoms with Gasteiger partial charge in [-0.15, -0.1) is 0 Å². The maximum absolute atomic E-state index is 13.2. The number of hydrogen-bond donors (Lipinski definition) is 1. The van der Waals surface area contributed by atoms with Gasteiger partial charge in [-0.05, 0) is 86.6 Å². The van der Waals surface area contributed by atoms with Gasteiger partial charge in [0, 0.05) is 18.2 Å². The molecule has 1 aromatic heterocycles. The van der Waals surface area contributed by atoms with Crippen LogP contribution in [0.4, 0.5) is 0 Å². The van der Waals surface area contributed by atoms with E-state index in [2.05, 4.69) is 10.2 Å². The molecular weight excluding hydrogens is 338 g/mol. The van der Waals surface area contributed by atoms with Gasteiger partial charge in [-0.25, -0.2) is 0 Å². The fourth-order valence-electron chi connectivity index (χ4n) is 6.21. The fourth-order valence-corrected chi connectivity index (χ4v) is 6.21. The van der Waals surface area contributed by atoms with E-state index in [0.29, 0.717) is 5.69 Å². The number of methoxy groups -OCH3 is 1. The second-order valence-electron chi connectivity index (χ2n) is 8.90. The molecule has 1 aromatic carbocycles. The number of aromatic amines is 1. The van der Waals surface area contributed by atoms with Gasteiger partial charge >= 0.3 is 0 Å². The topological polar surface area (TPSA) is 58.2 Å². The lowest BCUT2D eigenvalue weighted by atomic mass is 9.52. The molecule has 6 rings (SSSR count). The smallest absolute Gasteiger partial charge is 0.272 e. The van der Waals surface area contributed by atoms with E-state index in [4.69, 9.17) is 4.74 Å². The monoisotopic (exact) mass is 365 g/mol. The molecule has 1 heterocycles. The SMILES string of the molecule is COc1ccc(-c2cc(C(=O)N(C)C34CC5CC(CC(C5)C3)C4)[nH]n2)cc1. The summed E-state index contributed by atoms with van der Waals surface area (Å²) in [5, 5.41) is 7.35. The van der Waals surface area contributed by atoms with E-state index in [-0.39, 0.29) is 11.4 Å². The summed E-state index contributed by atoms with van der Waals surface area (Å²) in [6.45, 7) is 0. The first-order valence-corrected chi connectivity index (χ1v) is 10.0. The van der Waals surface area contributed by atoms with Gasteiger partial charge < -0.3 is 9.64 Å². The molecule has 0 spiro atoms. The van der Waals surface area contributed by atoms with Crippen LogP contribution in [0.3, 0.4) is 0 Å². The average molecular weight is 365 g/mol. The summed E-state index contributed by atoms with van der Waals surface area (Å²) < 4.78 is 5.21. The van der Waals surface area contributed by atoms with Crippen LogP contribution >= 0.6 is 0 Å². The standard InChI is InChI=1S/C22H27N3O2/c1-25(22-11-14-7-15(12-22)9-16(8-14)13-22)21(26)20-10-19(23-24-20)17-3-5-18(27-2)6-4-17/h3-6,10,14-16H,7-9,11-13H2,1-2H3,(H,23,24). The molecule has 4 aliphatic carbocycles. The van der Waals surface area contributed by atoms with Crippen LogP contribution in [-0.2, 0) is 0 Å². The van der Waals surface area contributed by atoms with Crippen molar-refractivity contribution >= 4 is 5.91 Å². The molecule has 27 heavy (non-hydrogen) atoms. The van der Waals surface area contributed by atoms with Crippen molar-refractivity contribution in [3.63, 3.8) is 0 Å². The number of H-pyrrole nitrogens is 1. The lowest BCUT2D eigenvalue weighted by Gasteiger charge is -2.59. The zero-order valence-electron chi connectivity index (χ0n) is 16.1. The van der Waals surface area contributed by atoms with E-state index in [1.165, 1.54) is 38.5 Å². The molecule has 0 unspecified atom stereocenters. The van der Waals surface area contributed by atoms with Gasteiger partial charge in [0.25, 0.3) is 5.91 Å². The fraction of sp³-hybridized carbons (Fsp3) is 0.545. The summed E-state index contributed by atoms with van der Waals surface area (Å²) in [7, 11) is 3.66. The Morgan fingerprint density at radius 3 is 2.26 bits per heavy atom. The van der Waals surface area contributed by atoms with Gasteiger partial charge in [0.2, 0.25) is 0 Å². The molecular formula is C22H27N3O2. The molecule has 4 aliphatic rings. The number of hydrogen-bond acceptors (Lipinski definition) is 3. The van der Waals surface area contributed by atoms with Crippen LogP contribution in [0.5, 0.6) is 5.75 Å². The molecule has 4 saturated carbocycles. The van der Waals surface area contributed by atoms with Crippen LogP contribution in [0.1, 0.15) is 49.0 Å². The highest BCUT2D eigenvalue weighted by Gasteiger charge is 2.53. The van der Waals surface area contributed by atoms with Crippen LogP contribution in [-0.4, -0.2) is 40.7 Å². The summed E-state index contributed by atoms with van der Waals surface area (Å²) >= 11 is 0. The van der Waals surface area contributed by atoms with Gasteiger partial charge in [-0.3, -0.25) is 9.89 Å². The maximum atomic E-state index is 13.2. The first kappa shape index (κ1) is 16.8. The Morgan fingerprint density at radius 2 is 1.70 bits per heavy atom. The Balaban J connectivity index is 1.37. The summed E-state index contributed by atoms with van der Waals surface area (Å²) in [5.74, 6) is 3.35. The predicted octanol–water partition coefficient (Wildman–Crippen LogP) is 4.13. The van der Waals surface area contributed by atoms with Crippen LogP contribution in [0.15, 0.2) is 30.3 Å². The lowest BCUT2D eigenvalue weighted by Crippen LogP contribution is -2.60. The number of nitrogens with zero attached hydrogens (tertiary/aromatic N) is 2. The minimum Gasteiger partial charge on any atom is -0.497 e. The minimum atomic E-state index is 0.0667. The van der Waals surface area contributed by atoms with Crippen molar-refractivity contribution in [2.75, 3.05) is 14.2 Å². The Morgan fingerprint density at radius 1 is 1.11 bits per heavy atom. The van der Waals surface area contributed by atoms with Gasteiger partial charge in [0.1, 0.15) is 11.4 Å². The molecule has 0 saturated heterocycles. The van der Waals surface area contributed by atoms with Crippen LogP contribution in [0, 0.1) is 17.8 Å². The second-order valence-corrected chi connectivity index (χ2v) is 8.90. The largest absolute Gasteiger partial charge is 0.497 e. The normalized spacial score (nSPS) is 31.1. The molecule has 1 amide bonds. The third kappa shape index (κ3) is 2.75. The number of aromatic nitrogens is 2. The molecule has 1 N–H and O–H groups in total. The highest BCUT2D eigenvalue weighted by atomic mass is 16.5. The van der Waals surface area contributed by atoms with E-state index in [9.17, 15) is 4.79 Å². The molecule has 5 nitrogen and oxygen atoms in total. The predicted molar refractivity (Wildman–Crippen MR) is 104 cm³/mol. The van der Waals surface area contributed by atoms with Crippen molar-refractivity contribution in [3.05, 3.63) is 36.0 Å². The van der Waals surface area contributed by atoms with Crippen LogP contribution in [0.2, 0.25) is 0 Å². The van der Waals surface area contributed by atoms with Crippen LogP contribution < -0.4 is 4.74 Å². The number of carbonyl (C=O) groups excluding carboxylic acids is 1. The van der Waals surface area contributed by atoms with E-state index < -0.39 is 0 Å². The number of nitrogens with one attached hydrogen (secondary N) is 1. The molecule has 0 radical (unpaired) electrons. The minimum absolute atomic E-state index is 0.0667. The summed E-state index contributed by atoms with van der Waals surface area (Å²) in [6, 6.07) is 9.62. The molecule has 0 aliphatic heterocycles. The number of carbonyl (C=O) groups is 1. The zero-order valence-corrected chi connectivity index (χ0v) is 16.1. The molecule has 142 valence electrons. The van der Waals surface area contributed by atoms with Crippen molar-refractivity contribution in [2.24, 2.45) is 17.8 Å². The molecule has 0 atom stereocenters. The first-order chi connectivity index (χ1) is 13.1. The molecule has 4 bridgehead atoms. The summed E-state index contributed by atoms with van der Waals surface area (Å²) in [6.07, 6.45) is 7.69. The first-order valence-electron chi connectivity index (χ1n) is 10.0. The summed E-state index contributed by atoms with van der Waals surface area (Å²) in [4.78, 5) is 15.3. The second kappa shape index (κ2) is 6.11. The van der Waals surface area contributed by atoms with E-state index in [1.54, 1.807) is 7.11 Å². The Bertz CT molecular complexity index is 819. The van der Waals surface area contributed by atoms with E-state index >= 15 is 0 Å². The zero-order chi connectivity index (χ0) is 18.6. The molecule has 4 fully saturated rings. The number of amides is 1. The van der Waals surface area contributed by atoms with Gasteiger partial charge in [0.15, 0.2) is 0 Å². The third-order valence-electron chi connectivity index (χ3n) is 7.22. The van der Waals surface area contributed by atoms with Crippen LogP contribution in [0.25, 0.3) is 11.3 Å². The highest BCUT2D eigenvalue weighted by Crippen LogP contribution is 2.57. The molecule has 5 heteroatoms. The average Bonchev–Trinajstić information content (AvgIpc) is 3.16. The maximum Gasteiger partial charge on any atom is 0.272 e. The molecule has 2 aromatic rings.